The molecule has 2 aromatic heterocycles. The molecule has 3 aromatic rings. The van der Waals surface area contributed by atoms with E-state index < -0.39 is 0 Å². The molecule has 2 N–H and O–H groups in total. The SMILES string of the molecule is CCCCc1nc2scc(C)n2c(=O)c1-c1ccc(N[C@@H]2CCNC2)cc1.Cl.Cl. The number of thiazole rings is 1. The van der Waals surface area contributed by atoms with Crippen molar-refractivity contribution in [3.63, 3.8) is 0 Å². The molecule has 29 heavy (non-hydrogen) atoms. The third kappa shape index (κ3) is 4.94. The summed E-state index contributed by atoms with van der Waals surface area (Å²) in [6.45, 7) is 6.20. The highest BCUT2D eigenvalue weighted by Gasteiger charge is 2.17. The Bertz CT molecular complexity index is 994. The molecular formula is C21H28Cl2N4OS. The van der Waals surface area contributed by atoms with Crippen molar-refractivity contribution >= 4 is 46.8 Å². The molecule has 0 radical (unpaired) electrons. The summed E-state index contributed by atoms with van der Waals surface area (Å²) in [5.74, 6) is 0. The highest BCUT2D eigenvalue weighted by Crippen LogP contribution is 2.25. The highest BCUT2D eigenvalue weighted by molar-refractivity contribution is 7.15. The third-order valence-corrected chi connectivity index (χ3v) is 6.13. The van der Waals surface area contributed by atoms with Gasteiger partial charge in [0.15, 0.2) is 4.96 Å². The number of hydrogen-bond donors (Lipinski definition) is 2. The van der Waals surface area contributed by atoms with Gasteiger partial charge < -0.3 is 10.6 Å². The van der Waals surface area contributed by atoms with Crippen molar-refractivity contribution < 1.29 is 0 Å². The van der Waals surface area contributed by atoms with Gasteiger partial charge in [0.2, 0.25) is 0 Å². The molecule has 4 rings (SSSR count). The van der Waals surface area contributed by atoms with Crippen LogP contribution in [-0.2, 0) is 6.42 Å². The number of rotatable bonds is 6. The molecular weight excluding hydrogens is 427 g/mol. The number of halogens is 2. The second-order valence-corrected chi connectivity index (χ2v) is 8.09. The van der Waals surface area contributed by atoms with E-state index in [0.717, 1.165) is 71.9 Å². The fourth-order valence-corrected chi connectivity index (χ4v) is 4.56. The summed E-state index contributed by atoms with van der Waals surface area (Å²) in [5, 5.41) is 8.93. The lowest BCUT2D eigenvalue weighted by atomic mass is 10.0. The Balaban J connectivity index is 0.00000150. The molecule has 1 atom stereocenters. The predicted octanol–water partition coefficient (Wildman–Crippen LogP) is 4.69. The first kappa shape index (κ1) is 23.7. The lowest BCUT2D eigenvalue weighted by molar-refractivity contribution is 0.775. The zero-order chi connectivity index (χ0) is 18.8. The van der Waals surface area contributed by atoms with Gasteiger partial charge in [-0.25, -0.2) is 4.98 Å². The van der Waals surface area contributed by atoms with Crippen molar-refractivity contribution in [2.75, 3.05) is 18.4 Å². The van der Waals surface area contributed by atoms with E-state index in [0.29, 0.717) is 6.04 Å². The molecule has 1 fully saturated rings. The van der Waals surface area contributed by atoms with Crippen LogP contribution in [0.25, 0.3) is 16.1 Å². The van der Waals surface area contributed by atoms with Crippen LogP contribution in [-0.4, -0.2) is 28.5 Å². The van der Waals surface area contributed by atoms with Crippen LogP contribution in [0.3, 0.4) is 0 Å². The van der Waals surface area contributed by atoms with E-state index in [9.17, 15) is 4.79 Å². The summed E-state index contributed by atoms with van der Waals surface area (Å²) in [7, 11) is 0. The number of fused-ring (bicyclic) bond motifs is 1. The minimum absolute atomic E-state index is 0. The number of hydrogen-bond acceptors (Lipinski definition) is 5. The summed E-state index contributed by atoms with van der Waals surface area (Å²) in [5.41, 5.74) is 4.71. The van der Waals surface area contributed by atoms with Crippen molar-refractivity contribution in [2.45, 2.75) is 45.6 Å². The Morgan fingerprint density at radius 3 is 2.69 bits per heavy atom. The van der Waals surface area contributed by atoms with E-state index in [1.807, 2.05) is 24.4 Å². The first-order valence-electron chi connectivity index (χ1n) is 9.74. The van der Waals surface area contributed by atoms with Crippen LogP contribution in [0.4, 0.5) is 5.69 Å². The van der Waals surface area contributed by atoms with Crippen LogP contribution in [0.1, 0.15) is 37.6 Å². The number of aryl methyl sites for hydroxylation is 2. The fraction of sp³-hybridized carbons (Fsp3) is 0.429. The van der Waals surface area contributed by atoms with Crippen LogP contribution >= 0.6 is 36.2 Å². The summed E-state index contributed by atoms with van der Waals surface area (Å²) < 4.78 is 1.74. The van der Waals surface area contributed by atoms with Gasteiger partial charge in [0.25, 0.3) is 5.56 Å². The summed E-state index contributed by atoms with van der Waals surface area (Å²) in [6, 6.07) is 8.73. The second kappa shape index (κ2) is 10.4. The zero-order valence-electron chi connectivity index (χ0n) is 16.7. The molecule has 3 heterocycles. The van der Waals surface area contributed by atoms with Gasteiger partial charge >= 0.3 is 0 Å². The molecule has 0 amide bonds. The Morgan fingerprint density at radius 1 is 1.28 bits per heavy atom. The monoisotopic (exact) mass is 454 g/mol. The molecule has 1 saturated heterocycles. The maximum absolute atomic E-state index is 13.3. The lowest BCUT2D eigenvalue weighted by Gasteiger charge is -2.14. The number of nitrogens with zero attached hydrogens (tertiary/aromatic N) is 2. The van der Waals surface area contributed by atoms with E-state index in [4.69, 9.17) is 4.98 Å². The molecule has 1 aliphatic rings. The van der Waals surface area contributed by atoms with Gasteiger partial charge in [-0.1, -0.05) is 25.5 Å². The fourth-order valence-electron chi connectivity index (χ4n) is 3.69. The standard InChI is InChI=1S/C21H26N4OS.2ClH/c1-3-4-5-18-19(20(26)25-14(2)13-27-21(25)24-18)15-6-8-16(9-7-15)23-17-10-11-22-12-17;;/h6-9,13,17,22-23H,3-5,10-12H2,1-2H3;2*1H/t17-;;/m1../s1. The molecule has 0 spiro atoms. The first-order chi connectivity index (χ1) is 13.2. The van der Waals surface area contributed by atoms with E-state index in [1.54, 1.807) is 4.40 Å². The minimum atomic E-state index is 0. The molecule has 1 aliphatic heterocycles. The van der Waals surface area contributed by atoms with Crippen molar-refractivity contribution in [1.29, 1.82) is 0 Å². The van der Waals surface area contributed by atoms with Crippen molar-refractivity contribution in [1.82, 2.24) is 14.7 Å². The number of anilines is 1. The zero-order valence-corrected chi connectivity index (χ0v) is 19.2. The molecule has 8 heteroatoms. The molecule has 0 bridgehead atoms. The molecule has 1 aromatic carbocycles. The van der Waals surface area contributed by atoms with Gasteiger partial charge in [-0.15, -0.1) is 36.2 Å². The summed E-state index contributed by atoms with van der Waals surface area (Å²) >= 11 is 1.54. The molecule has 5 nitrogen and oxygen atoms in total. The van der Waals surface area contributed by atoms with Crippen molar-refractivity contribution in [3.8, 4) is 11.1 Å². The Morgan fingerprint density at radius 2 is 2.03 bits per heavy atom. The molecule has 0 aliphatic carbocycles. The quantitative estimate of drug-likeness (QED) is 0.566. The van der Waals surface area contributed by atoms with Crippen LogP contribution in [0.2, 0.25) is 0 Å². The first-order valence-corrected chi connectivity index (χ1v) is 10.6. The van der Waals surface area contributed by atoms with Gasteiger partial charge in [-0.05, 0) is 50.4 Å². The van der Waals surface area contributed by atoms with Gasteiger partial charge in [0.05, 0.1) is 11.3 Å². The van der Waals surface area contributed by atoms with Crippen LogP contribution in [0.15, 0.2) is 34.4 Å². The largest absolute Gasteiger partial charge is 0.381 e. The average molecular weight is 455 g/mol. The molecule has 0 saturated carbocycles. The van der Waals surface area contributed by atoms with Crippen LogP contribution in [0.5, 0.6) is 0 Å². The van der Waals surface area contributed by atoms with Crippen molar-refractivity contribution in [2.24, 2.45) is 0 Å². The minimum Gasteiger partial charge on any atom is -0.381 e. The number of aromatic nitrogens is 2. The summed E-state index contributed by atoms with van der Waals surface area (Å²) in [4.78, 5) is 18.9. The lowest BCUT2D eigenvalue weighted by Crippen LogP contribution is -2.22. The highest BCUT2D eigenvalue weighted by atomic mass is 35.5. The van der Waals surface area contributed by atoms with Crippen LogP contribution in [0, 0.1) is 6.92 Å². The average Bonchev–Trinajstić information content (AvgIpc) is 3.31. The van der Waals surface area contributed by atoms with E-state index in [-0.39, 0.29) is 30.4 Å². The van der Waals surface area contributed by atoms with Gasteiger partial charge in [0, 0.05) is 29.3 Å². The van der Waals surface area contributed by atoms with Crippen LogP contribution < -0.4 is 16.2 Å². The summed E-state index contributed by atoms with van der Waals surface area (Å²) in [6.07, 6.45) is 4.10. The third-order valence-electron chi connectivity index (χ3n) is 5.19. The van der Waals surface area contributed by atoms with E-state index in [2.05, 4.69) is 29.7 Å². The predicted molar refractivity (Wildman–Crippen MR) is 128 cm³/mol. The van der Waals surface area contributed by atoms with E-state index in [1.165, 1.54) is 11.3 Å². The Kier molecular flexibility index (Phi) is 8.52. The normalized spacial score (nSPS) is 15.7. The smallest absolute Gasteiger partial charge is 0.266 e. The maximum Gasteiger partial charge on any atom is 0.266 e. The molecule has 0 unspecified atom stereocenters. The molecule has 158 valence electrons. The second-order valence-electron chi connectivity index (χ2n) is 7.25. The van der Waals surface area contributed by atoms with Crippen molar-refractivity contribution in [3.05, 3.63) is 51.4 Å². The van der Waals surface area contributed by atoms with Gasteiger partial charge in [-0.2, -0.15) is 0 Å². The van der Waals surface area contributed by atoms with Gasteiger partial charge in [0.1, 0.15) is 0 Å². The topological polar surface area (TPSA) is 58.4 Å². The van der Waals surface area contributed by atoms with E-state index >= 15 is 0 Å². The van der Waals surface area contributed by atoms with Gasteiger partial charge in [-0.3, -0.25) is 9.20 Å². The Hall–Kier alpha value is -1.60. The number of benzene rings is 1. The number of unbranched alkanes of at least 4 members (excludes halogenated alkanes) is 1. The Labute approximate surface area is 187 Å². The maximum atomic E-state index is 13.3. The number of nitrogens with one attached hydrogen (secondary N) is 2.